The van der Waals surface area contributed by atoms with Crippen molar-refractivity contribution >= 4 is 29.0 Å². The van der Waals surface area contributed by atoms with Gasteiger partial charge in [-0.1, -0.05) is 11.6 Å². The molecule has 3 heterocycles. The molecule has 0 aliphatic rings. The van der Waals surface area contributed by atoms with Gasteiger partial charge in [0.15, 0.2) is 5.65 Å². The molecule has 0 atom stereocenters. The zero-order valence-corrected chi connectivity index (χ0v) is 15.1. The third-order valence-electron chi connectivity index (χ3n) is 3.77. The number of pyridine rings is 1. The molecule has 25 heavy (non-hydrogen) atoms. The molecular formula is C18H14ClN3O2S. The normalized spacial score (nSPS) is 11.2. The van der Waals surface area contributed by atoms with E-state index in [2.05, 4.69) is 9.97 Å². The topological polar surface area (TPSA) is 52.6 Å². The predicted molar refractivity (Wildman–Crippen MR) is 97.6 cm³/mol. The minimum absolute atomic E-state index is 0.566. The average Bonchev–Trinajstić information content (AvgIpc) is 3.20. The standard InChI is InChI=1S/C18H14ClN3O2S/c1-11-16(22-9-3-4-14(19)17(22)20-11)15-10-24-18(21-15)25-13-7-5-12(23-2)6-8-13/h3-10H,1-2H3. The Bertz CT molecular complexity index is 1040. The van der Waals surface area contributed by atoms with Crippen molar-refractivity contribution in [2.24, 2.45) is 0 Å². The summed E-state index contributed by atoms with van der Waals surface area (Å²) in [6, 6.07) is 11.4. The van der Waals surface area contributed by atoms with Gasteiger partial charge in [-0.25, -0.2) is 9.97 Å². The average molecular weight is 372 g/mol. The van der Waals surface area contributed by atoms with Crippen LogP contribution in [0.5, 0.6) is 5.75 Å². The Labute approximate surface area is 153 Å². The van der Waals surface area contributed by atoms with Gasteiger partial charge in [0, 0.05) is 11.1 Å². The summed E-state index contributed by atoms with van der Waals surface area (Å²) >= 11 is 7.68. The lowest BCUT2D eigenvalue weighted by Crippen LogP contribution is -1.89. The summed E-state index contributed by atoms with van der Waals surface area (Å²) < 4.78 is 12.7. The molecule has 0 aliphatic heterocycles. The summed E-state index contributed by atoms with van der Waals surface area (Å²) in [5, 5.41) is 1.17. The van der Waals surface area contributed by atoms with Crippen LogP contribution < -0.4 is 4.74 Å². The van der Waals surface area contributed by atoms with Gasteiger partial charge in [0.25, 0.3) is 5.22 Å². The molecule has 0 aliphatic carbocycles. The Balaban J connectivity index is 1.67. The van der Waals surface area contributed by atoms with Crippen molar-refractivity contribution in [1.82, 2.24) is 14.4 Å². The highest BCUT2D eigenvalue weighted by Crippen LogP contribution is 2.32. The van der Waals surface area contributed by atoms with E-state index in [0.717, 1.165) is 27.7 Å². The first-order valence-corrected chi connectivity index (χ1v) is 8.76. The number of rotatable bonds is 4. The van der Waals surface area contributed by atoms with E-state index >= 15 is 0 Å². The predicted octanol–water partition coefficient (Wildman–Crippen LogP) is 5.11. The first kappa shape index (κ1) is 16.1. The molecule has 0 spiro atoms. The maximum atomic E-state index is 6.23. The van der Waals surface area contributed by atoms with Gasteiger partial charge in [-0.05, 0) is 55.1 Å². The van der Waals surface area contributed by atoms with Crippen LogP contribution in [-0.2, 0) is 0 Å². The Morgan fingerprint density at radius 1 is 1.16 bits per heavy atom. The number of fused-ring (bicyclic) bond motifs is 1. The van der Waals surface area contributed by atoms with Crippen molar-refractivity contribution in [2.75, 3.05) is 7.11 Å². The Morgan fingerprint density at radius 2 is 1.96 bits per heavy atom. The second-order valence-corrected chi connectivity index (χ2v) is 6.80. The molecule has 0 amide bonds. The first-order valence-electron chi connectivity index (χ1n) is 7.56. The molecule has 4 rings (SSSR count). The van der Waals surface area contributed by atoms with Gasteiger partial charge in [-0.2, -0.15) is 0 Å². The number of hydrogen-bond donors (Lipinski definition) is 0. The number of halogens is 1. The number of aromatic nitrogens is 3. The summed E-state index contributed by atoms with van der Waals surface area (Å²) in [5.41, 5.74) is 3.16. The van der Waals surface area contributed by atoms with E-state index in [1.165, 1.54) is 11.8 Å². The maximum Gasteiger partial charge on any atom is 0.261 e. The van der Waals surface area contributed by atoms with Crippen LogP contribution in [0.15, 0.2) is 63.4 Å². The fourth-order valence-electron chi connectivity index (χ4n) is 2.61. The van der Waals surface area contributed by atoms with Crippen molar-refractivity contribution in [1.29, 1.82) is 0 Å². The van der Waals surface area contributed by atoms with E-state index < -0.39 is 0 Å². The van der Waals surface area contributed by atoms with Crippen LogP contribution >= 0.6 is 23.4 Å². The molecule has 5 nitrogen and oxygen atoms in total. The van der Waals surface area contributed by atoms with E-state index in [9.17, 15) is 0 Å². The molecule has 0 fully saturated rings. The molecule has 1 aromatic carbocycles. The SMILES string of the molecule is COc1ccc(Sc2nc(-c3c(C)nc4c(Cl)cccn34)co2)cc1. The van der Waals surface area contributed by atoms with Crippen molar-refractivity contribution in [3.63, 3.8) is 0 Å². The van der Waals surface area contributed by atoms with E-state index in [1.807, 2.05) is 53.9 Å². The lowest BCUT2D eigenvalue weighted by atomic mass is 10.3. The summed E-state index contributed by atoms with van der Waals surface area (Å²) in [6.45, 7) is 1.93. The lowest BCUT2D eigenvalue weighted by Gasteiger charge is -2.00. The fourth-order valence-corrected chi connectivity index (χ4v) is 3.53. The van der Waals surface area contributed by atoms with Crippen LogP contribution in [0.3, 0.4) is 0 Å². The summed E-state index contributed by atoms with van der Waals surface area (Å²) in [5.74, 6) is 0.815. The number of imidazole rings is 1. The molecule has 0 bridgehead atoms. The molecule has 0 N–H and O–H groups in total. The smallest absolute Gasteiger partial charge is 0.261 e. The van der Waals surface area contributed by atoms with E-state index in [1.54, 1.807) is 13.4 Å². The third-order valence-corrected chi connectivity index (χ3v) is 4.93. The number of hydrogen-bond acceptors (Lipinski definition) is 5. The van der Waals surface area contributed by atoms with Gasteiger partial charge in [-0.15, -0.1) is 0 Å². The second kappa shape index (κ2) is 6.46. The quantitative estimate of drug-likeness (QED) is 0.499. The molecule has 7 heteroatoms. The number of oxazole rings is 1. The van der Waals surface area contributed by atoms with Gasteiger partial charge in [-0.3, -0.25) is 4.40 Å². The summed E-state index contributed by atoms with van der Waals surface area (Å²) in [7, 11) is 1.65. The Morgan fingerprint density at radius 3 is 2.72 bits per heavy atom. The number of benzene rings is 1. The van der Waals surface area contributed by atoms with Crippen molar-refractivity contribution < 1.29 is 9.15 Å². The van der Waals surface area contributed by atoms with Crippen LogP contribution in [0.1, 0.15) is 5.69 Å². The molecule has 3 aromatic heterocycles. The molecular weight excluding hydrogens is 358 g/mol. The maximum absolute atomic E-state index is 6.23. The van der Waals surface area contributed by atoms with Gasteiger partial charge in [0.05, 0.1) is 23.5 Å². The number of methoxy groups -OCH3 is 1. The van der Waals surface area contributed by atoms with Crippen molar-refractivity contribution in [2.45, 2.75) is 17.0 Å². The minimum Gasteiger partial charge on any atom is -0.497 e. The van der Waals surface area contributed by atoms with Gasteiger partial charge < -0.3 is 9.15 Å². The second-order valence-electron chi connectivity index (χ2n) is 5.37. The monoisotopic (exact) mass is 371 g/mol. The highest BCUT2D eigenvalue weighted by atomic mass is 35.5. The van der Waals surface area contributed by atoms with Crippen LogP contribution in [-0.4, -0.2) is 21.5 Å². The minimum atomic E-state index is 0.566. The van der Waals surface area contributed by atoms with Gasteiger partial charge in [0.1, 0.15) is 17.7 Å². The Kier molecular flexibility index (Phi) is 4.15. The van der Waals surface area contributed by atoms with Gasteiger partial charge >= 0.3 is 0 Å². The number of aryl methyl sites for hydroxylation is 1. The zero-order valence-electron chi connectivity index (χ0n) is 13.6. The molecule has 4 aromatic rings. The lowest BCUT2D eigenvalue weighted by molar-refractivity contribution is 0.414. The molecule has 126 valence electrons. The number of nitrogens with zero attached hydrogens (tertiary/aromatic N) is 3. The van der Waals surface area contributed by atoms with E-state index in [4.69, 9.17) is 20.8 Å². The first-order chi connectivity index (χ1) is 12.2. The third kappa shape index (κ3) is 2.99. The summed E-state index contributed by atoms with van der Waals surface area (Å²) in [4.78, 5) is 10.1. The van der Waals surface area contributed by atoms with Crippen LogP contribution in [0.25, 0.3) is 17.0 Å². The molecule has 0 unspecified atom stereocenters. The van der Waals surface area contributed by atoms with Crippen LogP contribution in [0.4, 0.5) is 0 Å². The highest BCUT2D eigenvalue weighted by Gasteiger charge is 2.17. The van der Waals surface area contributed by atoms with Gasteiger partial charge in [0.2, 0.25) is 0 Å². The molecule has 0 radical (unpaired) electrons. The number of ether oxygens (including phenoxy) is 1. The van der Waals surface area contributed by atoms with E-state index in [-0.39, 0.29) is 0 Å². The van der Waals surface area contributed by atoms with Crippen molar-refractivity contribution in [3.05, 3.63) is 59.6 Å². The Hall–Kier alpha value is -2.44. The largest absolute Gasteiger partial charge is 0.497 e. The fraction of sp³-hybridized carbons (Fsp3) is 0.111. The molecule has 0 saturated carbocycles. The van der Waals surface area contributed by atoms with Crippen LogP contribution in [0.2, 0.25) is 5.02 Å². The highest BCUT2D eigenvalue weighted by molar-refractivity contribution is 7.99. The zero-order chi connectivity index (χ0) is 17.4. The summed E-state index contributed by atoms with van der Waals surface area (Å²) in [6.07, 6.45) is 3.56. The van der Waals surface area contributed by atoms with Crippen molar-refractivity contribution in [3.8, 4) is 17.1 Å². The van der Waals surface area contributed by atoms with Crippen LogP contribution in [0, 0.1) is 6.92 Å². The van der Waals surface area contributed by atoms with E-state index in [0.29, 0.717) is 15.9 Å². The molecule has 0 saturated heterocycles.